The first kappa shape index (κ1) is 17.3. The third-order valence-electron chi connectivity index (χ3n) is 3.49. The Labute approximate surface area is 138 Å². The molecule has 0 aliphatic rings. The highest BCUT2D eigenvalue weighted by molar-refractivity contribution is 6.03. The minimum atomic E-state index is -0.496. The summed E-state index contributed by atoms with van der Waals surface area (Å²) in [5.41, 5.74) is 0.835. The summed E-state index contributed by atoms with van der Waals surface area (Å²) < 4.78 is 1.26. The zero-order valence-corrected chi connectivity index (χ0v) is 13.5. The molecule has 0 unspecified atom stereocenters. The second-order valence-electron chi connectivity index (χ2n) is 5.34. The van der Waals surface area contributed by atoms with Gasteiger partial charge in [0.2, 0.25) is 0 Å². The molecule has 126 valence electrons. The highest BCUT2D eigenvalue weighted by Crippen LogP contribution is 2.21. The number of aromatic nitrogens is 2. The average molecular weight is 330 g/mol. The van der Waals surface area contributed by atoms with E-state index in [4.69, 9.17) is 0 Å². The Morgan fingerprint density at radius 1 is 1.33 bits per heavy atom. The molecule has 2 aromatic rings. The van der Waals surface area contributed by atoms with Crippen LogP contribution in [0.5, 0.6) is 0 Å². The maximum atomic E-state index is 12.3. The van der Waals surface area contributed by atoms with Crippen molar-refractivity contribution in [3.05, 3.63) is 62.1 Å². The van der Waals surface area contributed by atoms with Gasteiger partial charge in [-0.25, -0.2) is 4.68 Å². The summed E-state index contributed by atoms with van der Waals surface area (Å²) in [6, 6.07) is 6.84. The fraction of sp³-hybridized carbons (Fsp3) is 0.312. The van der Waals surface area contributed by atoms with Crippen LogP contribution < -0.4 is 10.9 Å². The Balaban J connectivity index is 2.21. The number of rotatable bonds is 6. The summed E-state index contributed by atoms with van der Waals surface area (Å²) in [6.07, 6.45) is 1.70. The fourth-order valence-corrected chi connectivity index (χ4v) is 2.13. The number of carbonyl (C=O) groups is 1. The van der Waals surface area contributed by atoms with Crippen molar-refractivity contribution in [2.75, 3.05) is 5.32 Å². The van der Waals surface area contributed by atoms with Gasteiger partial charge >= 0.3 is 0 Å². The Hall–Kier alpha value is -3.03. The topological polar surface area (TPSA) is 107 Å². The van der Waals surface area contributed by atoms with Crippen molar-refractivity contribution in [1.82, 2.24) is 9.78 Å². The van der Waals surface area contributed by atoms with Crippen LogP contribution >= 0.6 is 0 Å². The van der Waals surface area contributed by atoms with Gasteiger partial charge in [0.05, 0.1) is 4.92 Å². The van der Waals surface area contributed by atoms with Gasteiger partial charge in [0, 0.05) is 30.4 Å². The molecule has 24 heavy (non-hydrogen) atoms. The van der Waals surface area contributed by atoms with Crippen molar-refractivity contribution in [1.29, 1.82) is 0 Å². The summed E-state index contributed by atoms with van der Waals surface area (Å²) >= 11 is 0. The number of nitrogens with one attached hydrogen (secondary N) is 1. The van der Waals surface area contributed by atoms with Crippen LogP contribution in [0, 0.1) is 17.0 Å². The van der Waals surface area contributed by atoms with Gasteiger partial charge < -0.3 is 5.32 Å². The minimum Gasteiger partial charge on any atom is -0.320 e. The van der Waals surface area contributed by atoms with E-state index in [0.29, 0.717) is 17.8 Å². The Bertz CT molecular complexity index is 829. The molecule has 1 aromatic carbocycles. The first-order chi connectivity index (χ1) is 11.4. The molecule has 0 saturated carbocycles. The van der Waals surface area contributed by atoms with Crippen molar-refractivity contribution < 1.29 is 9.72 Å². The monoisotopic (exact) mass is 330 g/mol. The number of anilines is 1. The summed E-state index contributed by atoms with van der Waals surface area (Å²) in [5.74, 6) is -0.475. The molecule has 2 rings (SSSR count). The van der Waals surface area contributed by atoms with Crippen molar-refractivity contribution in [2.45, 2.75) is 33.2 Å². The van der Waals surface area contributed by atoms with Crippen molar-refractivity contribution in [3.8, 4) is 0 Å². The lowest BCUT2D eigenvalue weighted by Crippen LogP contribution is -2.26. The number of carbonyl (C=O) groups excluding carboxylic acids is 1. The van der Waals surface area contributed by atoms with Gasteiger partial charge in [0.15, 0.2) is 0 Å². The molecule has 0 atom stereocenters. The van der Waals surface area contributed by atoms with Gasteiger partial charge in [-0.2, -0.15) is 5.10 Å². The maximum absolute atomic E-state index is 12.3. The third kappa shape index (κ3) is 4.03. The van der Waals surface area contributed by atoms with Crippen LogP contribution in [0.3, 0.4) is 0 Å². The van der Waals surface area contributed by atoms with Gasteiger partial charge in [-0.05, 0) is 31.0 Å². The number of benzene rings is 1. The van der Waals surface area contributed by atoms with Crippen LogP contribution in [-0.2, 0) is 6.54 Å². The van der Waals surface area contributed by atoms with Crippen molar-refractivity contribution in [3.63, 3.8) is 0 Å². The lowest BCUT2D eigenvalue weighted by molar-refractivity contribution is -0.384. The molecular weight excluding hydrogens is 312 g/mol. The lowest BCUT2D eigenvalue weighted by atomic mass is 10.1. The van der Waals surface area contributed by atoms with Crippen molar-refractivity contribution in [2.24, 2.45) is 0 Å². The molecule has 0 aliphatic heterocycles. The van der Waals surface area contributed by atoms with Gasteiger partial charge in [-0.1, -0.05) is 13.3 Å². The SMILES string of the molecule is CCCCn1nc(C(=O)Nc2ccc([N+](=O)[O-])cc2C)ccc1=O. The number of nitrogens with zero attached hydrogens (tertiary/aromatic N) is 3. The molecule has 0 bridgehead atoms. The van der Waals surface area contributed by atoms with Gasteiger partial charge in [-0.3, -0.25) is 19.7 Å². The van der Waals surface area contributed by atoms with E-state index in [0.717, 1.165) is 12.8 Å². The van der Waals surface area contributed by atoms with Crippen molar-refractivity contribution >= 4 is 17.3 Å². The largest absolute Gasteiger partial charge is 0.320 e. The number of hydrogen-bond donors (Lipinski definition) is 1. The van der Waals surface area contributed by atoms with Crippen LogP contribution in [0.4, 0.5) is 11.4 Å². The van der Waals surface area contributed by atoms with Crippen LogP contribution in [0.25, 0.3) is 0 Å². The Morgan fingerprint density at radius 3 is 2.71 bits per heavy atom. The van der Waals surface area contributed by atoms with Gasteiger partial charge in [0.1, 0.15) is 5.69 Å². The van der Waals surface area contributed by atoms with Crippen LogP contribution in [0.2, 0.25) is 0 Å². The number of nitro benzene ring substituents is 1. The summed E-state index contributed by atoms with van der Waals surface area (Å²) in [6.45, 7) is 4.12. The second kappa shape index (κ2) is 7.49. The maximum Gasteiger partial charge on any atom is 0.276 e. The highest BCUT2D eigenvalue weighted by Gasteiger charge is 2.13. The van der Waals surface area contributed by atoms with Crippen LogP contribution in [0.15, 0.2) is 35.1 Å². The fourth-order valence-electron chi connectivity index (χ4n) is 2.13. The van der Waals surface area contributed by atoms with Gasteiger partial charge in [0.25, 0.3) is 17.2 Å². The molecule has 0 aliphatic carbocycles. The molecule has 0 fully saturated rings. The molecule has 1 heterocycles. The second-order valence-corrected chi connectivity index (χ2v) is 5.34. The molecule has 0 spiro atoms. The number of non-ortho nitro benzene ring substituents is 1. The molecule has 0 radical (unpaired) electrons. The number of unbranched alkanes of at least 4 members (excludes halogenated alkanes) is 1. The zero-order chi connectivity index (χ0) is 17.7. The number of hydrogen-bond acceptors (Lipinski definition) is 5. The van der Waals surface area contributed by atoms with Crippen LogP contribution in [0.1, 0.15) is 35.8 Å². The van der Waals surface area contributed by atoms with E-state index in [1.807, 2.05) is 6.92 Å². The Morgan fingerprint density at radius 2 is 2.08 bits per heavy atom. The van der Waals surface area contributed by atoms with E-state index in [-0.39, 0.29) is 16.9 Å². The number of nitro groups is 1. The summed E-state index contributed by atoms with van der Waals surface area (Å²) in [5, 5.41) is 17.5. The summed E-state index contributed by atoms with van der Waals surface area (Å²) in [4.78, 5) is 34.3. The molecule has 1 aromatic heterocycles. The molecule has 0 saturated heterocycles. The van der Waals surface area contributed by atoms with Crippen LogP contribution in [-0.4, -0.2) is 20.6 Å². The predicted octanol–water partition coefficient (Wildman–Crippen LogP) is 2.51. The van der Waals surface area contributed by atoms with E-state index < -0.39 is 10.8 Å². The Kier molecular flexibility index (Phi) is 5.41. The quantitative estimate of drug-likeness (QED) is 0.647. The van der Waals surface area contributed by atoms with E-state index in [9.17, 15) is 19.7 Å². The van der Waals surface area contributed by atoms with E-state index in [1.54, 1.807) is 6.92 Å². The standard InChI is InChI=1S/C16H18N4O4/c1-3-4-9-19-15(21)8-7-14(18-19)16(22)17-13-6-5-12(20(23)24)10-11(13)2/h5-8,10H,3-4,9H2,1-2H3,(H,17,22). The normalized spacial score (nSPS) is 10.4. The first-order valence-corrected chi connectivity index (χ1v) is 7.57. The number of aryl methyl sites for hydroxylation is 2. The zero-order valence-electron chi connectivity index (χ0n) is 13.5. The number of amides is 1. The molecule has 1 N–H and O–H groups in total. The molecule has 8 nitrogen and oxygen atoms in total. The summed E-state index contributed by atoms with van der Waals surface area (Å²) in [7, 11) is 0. The average Bonchev–Trinajstić information content (AvgIpc) is 2.55. The molecule has 1 amide bonds. The smallest absolute Gasteiger partial charge is 0.276 e. The minimum absolute atomic E-state index is 0.0447. The lowest BCUT2D eigenvalue weighted by Gasteiger charge is -2.09. The third-order valence-corrected chi connectivity index (χ3v) is 3.49. The van der Waals surface area contributed by atoms with E-state index >= 15 is 0 Å². The molecule has 8 heteroatoms. The van der Waals surface area contributed by atoms with E-state index in [2.05, 4.69) is 10.4 Å². The predicted molar refractivity (Wildman–Crippen MR) is 89.2 cm³/mol. The molecular formula is C16H18N4O4. The van der Waals surface area contributed by atoms with E-state index in [1.165, 1.54) is 35.0 Å². The first-order valence-electron chi connectivity index (χ1n) is 7.57. The van der Waals surface area contributed by atoms with Gasteiger partial charge in [-0.15, -0.1) is 0 Å². The highest BCUT2D eigenvalue weighted by atomic mass is 16.6.